The SMILES string of the molecule is O=C1CC(c2ccc(Cl)cc2)n2nc(NC(=O)c3cccc([N+](=O)[O-])c3)nc2N1. The first kappa shape index (κ1) is 18.6. The highest BCUT2D eigenvalue weighted by atomic mass is 35.5. The van der Waals surface area contributed by atoms with Crippen LogP contribution in [-0.2, 0) is 4.79 Å². The Morgan fingerprint density at radius 3 is 2.76 bits per heavy atom. The van der Waals surface area contributed by atoms with Gasteiger partial charge < -0.3 is 0 Å². The van der Waals surface area contributed by atoms with Crippen LogP contribution in [0.2, 0.25) is 5.02 Å². The highest BCUT2D eigenvalue weighted by Gasteiger charge is 2.29. The van der Waals surface area contributed by atoms with E-state index in [-0.39, 0.29) is 35.5 Å². The standard InChI is InChI=1S/C18H13ClN6O4/c19-12-6-4-10(5-7-12)14-9-15(26)20-18-22-17(23-24(14)18)21-16(27)11-2-1-3-13(8-11)25(28)29/h1-8,14H,9H2,(H2,20,21,22,23,26,27). The lowest BCUT2D eigenvalue weighted by Crippen LogP contribution is -2.29. The summed E-state index contributed by atoms with van der Waals surface area (Å²) in [6, 6.07) is 11.9. The van der Waals surface area contributed by atoms with Gasteiger partial charge in [0.25, 0.3) is 17.5 Å². The molecular formula is C18H13ClN6O4. The van der Waals surface area contributed by atoms with E-state index < -0.39 is 16.9 Å². The average molecular weight is 413 g/mol. The third-order valence-corrected chi connectivity index (χ3v) is 4.61. The molecule has 29 heavy (non-hydrogen) atoms. The number of hydrogen-bond acceptors (Lipinski definition) is 6. The Labute approximate surface area is 168 Å². The zero-order valence-electron chi connectivity index (χ0n) is 14.7. The molecule has 146 valence electrons. The maximum Gasteiger partial charge on any atom is 0.270 e. The Hall–Kier alpha value is -3.79. The van der Waals surface area contributed by atoms with Crippen molar-refractivity contribution in [2.75, 3.05) is 10.6 Å². The van der Waals surface area contributed by atoms with Gasteiger partial charge >= 0.3 is 0 Å². The summed E-state index contributed by atoms with van der Waals surface area (Å²) in [5.74, 6) is -0.680. The number of aromatic nitrogens is 3. The lowest BCUT2D eigenvalue weighted by molar-refractivity contribution is -0.384. The van der Waals surface area contributed by atoms with Gasteiger partial charge in [-0.25, -0.2) is 4.68 Å². The van der Waals surface area contributed by atoms with Crippen molar-refractivity contribution >= 4 is 41.0 Å². The number of carbonyl (C=O) groups is 2. The summed E-state index contributed by atoms with van der Waals surface area (Å²) in [7, 11) is 0. The molecule has 2 amide bonds. The molecule has 1 aliphatic heterocycles. The fourth-order valence-corrected chi connectivity index (χ4v) is 3.12. The van der Waals surface area contributed by atoms with Gasteiger partial charge in [-0.15, -0.1) is 5.10 Å². The number of rotatable bonds is 4. The van der Waals surface area contributed by atoms with Crippen molar-refractivity contribution in [3.8, 4) is 0 Å². The Bertz CT molecular complexity index is 1130. The van der Waals surface area contributed by atoms with E-state index in [1.807, 2.05) is 0 Å². The molecule has 0 aliphatic carbocycles. The summed E-state index contributed by atoms with van der Waals surface area (Å²) in [6.07, 6.45) is 0.149. The van der Waals surface area contributed by atoms with Crippen molar-refractivity contribution in [1.82, 2.24) is 14.8 Å². The number of nitrogens with one attached hydrogen (secondary N) is 2. The predicted octanol–water partition coefficient (Wildman–Crippen LogP) is 3.02. The minimum Gasteiger partial charge on any atom is -0.295 e. The van der Waals surface area contributed by atoms with Crippen molar-refractivity contribution in [2.45, 2.75) is 12.5 Å². The van der Waals surface area contributed by atoms with Gasteiger partial charge in [0.2, 0.25) is 11.9 Å². The minimum atomic E-state index is -0.606. The number of nitrogens with zero attached hydrogens (tertiary/aromatic N) is 4. The molecule has 11 heteroatoms. The maximum atomic E-state index is 12.4. The van der Waals surface area contributed by atoms with Crippen LogP contribution in [0.5, 0.6) is 0 Å². The number of carbonyl (C=O) groups excluding carboxylic acids is 2. The molecule has 0 saturated carbocycles. The molecule has 0 radical (unpaired) electrons. The van der Waals surface area contributed by atoms with E-state index in [4.69, 9.17) is 11.6 Å². The Balaban J connectivity index is 1.61. The van der Waals surface area contributed by atoms with Crippen molar-refractivity contribution in [3.63, 3.8) is 0 Å². The number of non-ortho nitro benzene ring substituents is 1. The van der Waals surface area contributed by atoms with Crippen LogP contribution in [0, 0.1) is 10.1 Å². The summed E-state index contributed by atoms with van der Waals surface area (Å²) in [4.78, 5) is 38.9. The van der Waals surface area contributed by atoms with E-state index >= 15 is 0 Å². The highest BCUT2D eigenvalue weighted by Crippen LogP contribution is 2.30. The van der Waals surface area contributed by atoms with Crippen LogP contribution in [0.15, 0.2) is 48.5 Å². The minimum absolute atomic E-state index is 0.0299. The number of hydrogen-bond donors (Lipinski definition) is 2. The topological polar surface area (TPSA) is 132 Å². The first-order valence-corrected chi connectivity index (χ1v) is 8.86. The molecule has 0 saturated heterocycles. The Morgan fingerprint density at radius 2 is 2.03 bits per heavy atom. The second-order valence-electron chi connectivity index (χ2n) is 6.28. The second kappa shape index (κ2) is 7.32. The molecule has 3 aromatic rings. The zero-order valence-corrected chi connectivity index (χ0v) is 15.5. The Morgan fingerprint density at radius 1 is 1.28 bits per heavy atom. The molecule has 1 atom stereocenters. The van der Waals surface area contributed by atoms with E-state index in [2.05, 4.69) is 20.7 Å². The normalized spacial score (nSPS) is 15.3. The van der Waals surface area contributed by atoms with Gasteiger partial charge in [-0.1, -0.05) is 29.8 Å². The van der Waals surface area contributed by atoms with Gasteiger partial charge in [0.1, 0.15) is 0 Å². The van der Waals surface area contributed by atoms with Gasteiger partial charge in [0.15, 0.2) is 0 Å². The quantitative estimate of drug-likeness (QED) is 0.500. The number of halogens is 1. The number of fused-ring (bicyclic) bond motifs is 1. The van der Waals surface area contributed by atoms with Crippen molar-refractivity contribution in [1.29, 1.82) is 0 Å². The molecule has 10 nitrogen and oxygen atoms in total. The molecule has 1 aliphatic rings. The lowest BCUT2D eigenvalue weighted by Gasteiger charge is -2.23. The molecule has 2 N–H and O–H groups in total. The third-order valence-electron chi connectivity index (χ3n) is 4.36. The van der Waals surface area contributed by atoms with Crippen molar-refractivity contribution in [2.24, 2.45) is 0 Å². The third kappa shape index (κ3) is 3.78. The molecule has 2 aromatic carbocycles. The Kier molecular flexibility index (Phi) is 4.69. The summed E-state index contributed by atoms with van der Waals surface area (Å²) < 4.78 is 1.51. The van der Waals surface area contributed by atoms with Gasteiger partial charge in [0, 0.05) is 22.7 Å². The van der Waals surface area contributed by atoms with Crippen LogP contribution in [0.1, 0.15) is 28.4 Å². The van der Waals surface area contributed by atoms with Crippen LogP contribution in [-0.4, -0.2) is 31.5 Å². The van der Waals surface area contributed by atoms with Gasteiger partial charge in [-0.2, -0.15) is 4.98 Å². The molecule has 0 fully saturated rings. The maximum absolute atomic E-state index is 12.4. The molecular weight excluding hydrogens is 400 g/mol. The predicted molar refractivity (Wildman–Crippen MR) is 104 cm³/mol. The van der Waals surface area contributed by atoms with E-state index in [1.165, 1.54) is 22.9 Å². The molecule has 2 heterocycles. The molecule has 1 unspecified atom stereocenters. The van der Waals surface area contributed by atoms with Crippen LogP contribution in [0.4, 0.5) is 17.6 Å². The van der Waals surface area contributed by atoms with Crippen LogP contribution in [0.25, 0.3) is 0 Å². The number of nitro groups is 1. The van der Waals surface area contributed by atoms with E-state index in [1.54, 1.807) is 24.3 Å². The van der Waals surface area contributed by atoms with E-state index in [0.717, 1.165) is 11.6 Å². The summed E-state index contributed by atoms with van der Waals surface area (Å²) >= 11 is 5.93. The zero-order chi connectivity index (χ0) is 20.5. The number of amides is 2. The monoisotopic (exact) mass is 412 g/mol. The van der Waals surface area contributed by atoms with Crippen LogP contribution in [0.3, 0.4) is 0 Å². The number of nitro benzene ring substituents is 1. The van der Waals surface area contributed by atoms with Crippen molar-refractivity contribution in [3.05, 3.63) is 74.8 Å². The fraction of sp³-hybridized carbons (Fsp3) is 0.111. The first-order valence-electron chi connectivity index (χ1n) is 8.48. The molecule has 4 rings (SSSR count). The average Bonchev–Trinajstić information content (AvgIpc) is 3.10. The van der Waals surface area contributed by atoms with Gasteiger partial charge in [-0.3, -0.25) is 30.3 Å². The van der Waals surface area contributed by atoms with Gasteiger partial charge in [-0.05, 0) is 23.8 Å². The highest BCUT2D eigenvalue weighted by molar-refractivity contribution is 6.30. The second-order valence-corrected chi connectivity index (χ2v) is 6.72. The van der Waals surface area contributed by atoms with Gasteiger partial charge in [0.05, 0.1) is 17.4 Å². The molecule has 1 aromatic heterocycles. The first-order chi connectivity index (χ1) is 13.9. The molecule has 0 spiro atoms. The van der Waals surface area contributed by atoms with E-state index in [0.29, 0.717) is 5.02 Å². The lowest BCUT2D eigenvalue weighted by atomic mass is 10.0. The van der Waals surface area contributed by atoms with Crippen LogP contribution < -0.4 is 10.6 Å². The smallest absolute Gasteiger partial charge is 0.270 e. The van der Waals surface area contributed by atoms with E-state index in [9.17, 15) is 19.7 Å². The molecule has 0 bridgehead atoms. The number of benzene rings is 2. The summed E-state index contributed by atoms with van der Waals surface area (Å²) in [5.41, 5.74) is 0.696. The fourth-order valence-electron chi connectivity index (χ4n) is 3.00. The number of anilines is 2. The largest absolute Gasteiger partial charge is 0.295 e. The van der Waals surface area contributed by atoms with Crippen LogP contribution >= 0.6 is 11.6 Å². The summed E-state index contributed by atoms with van der Waals surface area (Å²) in [5, 5.41) is 20.8. The van der Waals surface area contributed by atoms with Crippen molar-refractivity contribution < 1.29 is 14.5 Å². The summed E-state index contributed by atoms with van der Waals surface area (Å²) in [6.45, 7) is 0.